The Morgan fingerprint density at radius 1 is 1.39 bits per heavy atom. The van der Waals surface area contributed by atoms with Crippen LogP contribution in [0.1, 0.15) is 0 Å². The average Bonchev–Trinajstić information content (AvgIpc) is 2.95. The van der Waals surface area contributed by atoms with Gasteiger partial charge in [0.2, 0.25) is 10.0 Å². The molecule has 2 heterocycles. The van der Waals surface area contributed by atoms with Crippen molar-refractivity contribution in [2.45, 2.75) is 4.90 Å². The first-order valence-corrected chi connectivity index (χ1v) is 7.88. The van der Waals surface area contributed by atoms with Gasteiger partial charge in [0.25, 0.3) is 0 Å². The van der Waals surface area contributed by atoms with Gasteiger partial charge in [0.1, 0.15) is 0 Å². The molecular formula is C10H10N2O4S2. The number of sulfonamides is 1. The van der Waals surface area contributed by atoms with E-state index in [1.54, 1.807) is 11.8 Å². The number of aromatic amines is 1. The first-order chi connectivity index (χ1) is 8.57. The van der Waals surface area contributed by atoms with Gasteiger partial charge in [-0.2, -0.15) is 4.31 Å². The molecule has 1 aromatic carbocycles. The summed E-state index contributed by atoms with van der Waals surface area (Å²) in [6, 6.07) is 4.37. The summed E-state index contributed by atoms with van der Waals surface area (Å²) in [6.07, 6.45) is 0. The molecule has 18 heavy (non-hydrogen) atoms. The Bertz CT molecular complexity index is 741. The summed E-state index contributed by atoms with van der Waals surface area (Å²) >= 11 is 1.58. The predicted molar refractivity (Wildman–Crippen MR) is 68.1 cm³/mol. The number of H-pyrrole nitrogens is 1. The number of oxazole rings is 1. The minimum Gasteiger partial charge on any atom is -0.408 e. The van der Waals surface area contributed by atoms with Crippen LogP contribution in [0.25, 0.3) is 11.1 Å². The molecule has 1 N–H and O–H groups in total. The highest BCUT2D eigenvalue weighted by Gasteiger charge is 2.27. The highest BCUT2D eigenvalue weighted by Crippen LogP contribution is 2.24. The second-order valence-corrected chi connectivity index (χ2v) is 6.90. The van der Waals surface area contributed by atoms with Crippen LogP contribution in [0.5, 0.6) is 0 Å². The summed E-state index contributed by atoms with van der Waals surface area (Å²) in [5.41, 5.74) is 0.752. The number of hydrogen-bond acceptors (Lipinski definition) is 5. The van der Waals surface area contributed by atoms with Crippen LogP contribution in [-0.4, -0.2) is 35.9 Å². The molecule has 6 nitrogen and oxygen atoms in total. The van der Waals surface area contributed by atoms with E-state index in [1.165, 1.54) is 22.5 Å². The fraction of sp³-hybridized carbons (Fsp3) is 0.300. The van der Waals surface area contributed by atoms with Crippen molar-refractivity contribution in [3.8, 4) is 0 Å². The van der Waals surface area contributed by atoms with Gasteiger partial charge in [-0.05, 0) is 18.2 Å². The molecule has 1 aromatic heterocycles. The minimum absolute atomic E-state index is 0.176. The Hall–Kier alpha value is -1.25. The van der Waals surface area contributed by atoms with Crippen molar-refractivity contribution < 1.29 is 12.8 Å². The third-order valence-corrected chi connectivity index (χ3v) is 5.72. The fourth-order valence-corrected chi connectivity index (χ4v) is 4.67. The summed E-state index contributed by atoms with van der Waals surface area (Å²) in [7, 11) is -3.47. The molecule has 1 saturated heterocycles. The van der Waals surface area contributed by atoms with Gasteiger partial charge in [0.15, 0.2) is 5.58 Å². The molecule has 0 atom stereocenters. The smallest absolute Gasteiger partial charge is 0.408 e. The molecule has 8 heteroatoms. The molecule has 1 aliphatic rings. The van der Waals surface area contributed by atoms with E-state index in [1.807, 2.05) is 0 Å². The van der Waals surface area contributed by atoms with Crippen molar-refractivity contribution in [3.05, 3.63) is 28.7 Å². The molecule has 0 amide bonds. The Kier molecular flexibility index (Phi) is 2.72. The van der Waals surface area contributed by atoms with Crippen LogP contribution in [0.2, 0.25) is 0 Å². The molecule has 0 saturated carbocycles. The molecule has 1 aliphatic heterocycles. The third-order valence-electron chi connectivity index (χ3n) is 2.75. The lowest BCUT2D eigenvalue weighted by atomic mass is 10.3. The minimum atomic E-state index is -3.47. The van der Waals surface area contributed by atoms with Gasteiger partial charge in [-0.1, -0.05) is 0 Å². The largest absolute Gasteiger partial charge is 0.417 e. The van der Waals surface area contributed by atoms with Gasteiger partial charge < -0.3 is 4.42 Å². The predicted octanol–water partition coefficient (Wildman–Crippen LogP) is 0.816. The maximum atomic E-state index is 12.3. The lowest BCUT2D eigenvalue weighted by Crippen LogP contribution is -2.27. The Labute approximate surface area is 107 Å². The van der Waals surface area contributed by atoms with Crippen molar-refractivity contribution in [2.75, 3.05) is 18.2 Å². The van der Waals surface area contributed by atoms with E-state index in [9.17, 15) is 13.2 Å². The van der Waals surface area contributed by atoms with Crippen LogP contribution in [0.3, 0.4) is 0 Å². The first-order valence-electron chi connectivity index (χ1n) is 5.28. The summed E-state index contributed by atoms with van der Waals surface area (Å²) in [5.74, 6) is 0.697. The maximum Gasteiger partial charge on any atom is 0.417 e. The normalized spacial score (nSPS) is 17.6. The van der Waals surface area contributed by atoms with Crippen molar-refractivity contribution in [1.29, 1.82) is 0 Å². The van der Waals surface area contributed by atoms with Crippen LogP contribution in [-0.2, 0) is 10.0 Å². The number of rotatable bonds is 2. The molecule has 2 aromatic rings. The monoisotopic (exact) mass is 286 g/mol. The second-order valence-electron chi connectivity index (χ2n) is 3.89. The number of thioether (sulfide) groups is 1. The topological polar surface area (TPSA) is 83.4 Å². The van der Waals surface area contributed by atoms with E-state index in [0.29, 0.717) is 23.5 Å². The lowest BCUT2D eigenvalue weighted by Gasteiger charge is -2.14. The number of aromatic nitrogens is 1. The Morgan fingerprint density at radius 3 is 2.94 bits per heavy atom. The zero-order valence-corrected chi connectivity index (χ0v) is 10.9. The number of nitrogens with one attached hydrogen (secondary N) is 1. The Morgan fingerprint density at radius 2 is 2.22 bits per heavy atom. The number of nitrogens with zero attached hydrogens (tertiary/aromatic N) is 1. The van der Waals surface area contributed by atoms with Crippen LogP contribution in [0.4, 0.5) is 0 Å². The van der Waals surface area contributed by atoms with Gasteiger partial charge >= 0.3 is 5.76 Å². The van der Waals surface area contributed by atoms with Gasteiger partial charge in [0, 0.05) is 12.3 Å². The number of hydrogen-bond donors (Lipinski definition) is 1. The molecular weight excluding hydrogens is 276 g/mol. The van der Waals surface area contributed by atoms with Gasteiger partial charge in [-0.15, -0.1) is 11.8 Å². The summed E-state index contributed by atoms with van der Waals surface area (Å²) in [5, 5.41) is 0. The van der Waals surface area contributed by atoms with E-state index in [-0.39, 0.29) is 4.90 Å². The summed E-state index contributed by atoms with van der Waals surface area (Å²) in [6.45, 7) is 0.521. The number of fused-ring (bicyclic) bond motifs is 1. The zero-order valence-electron chi connectivity index (χ0n) is 9.25. The van der Waals surface area contributed by atoms with E-state index in [2.05, 4.69) is 4.98 Å². The van der Waals surface area contributed by atoms with Gasteiger partial charge in [-0.25, -0.2) is 13.2 Å². The fourth-order valence-electron chi connectivity index (χ4n) is 1.83. The van der Waals surface area contributed by atoms with E-state index in [0.717, 1.165) is 5.75 Å². The second kappa shape index (κ2) is 4.15. The SMILES string of the molecule is O=c1[nH]c2cc(S(=O)(=O)N3CCSC3)ccc2o1. The van der Waals surface area contributed by atoms with Crippen molar-refractivity contribution in [2.24, 2.45) is 0 Å². The van der Waals surface area contributed by atoms with Gasteiger partial charge in [-0.3, -0.25) is 4.98 Å². The van der Waals surface area contributed by atoms with E-state index < -0.39 is 15.8 Å². The molecule has 0 spiro atoms. The average molecular weight is 286 g/mol. The van der Waals surface area contributed by atoms with E-state index >= 15 is 0 Å². The Balaban J connectivity index is 2.10. The van der Waals surface area contributed by atoms with Crippen LogP contribution in [0.15, 0.2) is 32.3 Å². The highest BCUT2D eigenvalue weighted by atomic mass is 32.2. The lowest BCUT2D eigenvalue weighted by molar-refractivity contribution is 0.489. The van der Waals surface area contributed by atoms with Crippen LogP contribution < -0.4 is 5.76 Å². The first kappa shape index (κ1) is 11.8. The van der Waals surface area contributed by atoms with E-state index in [4.69, 9.17) is 4.42 Å². The zero-order chi connectivity index (χ0) is 12.8. The molecule has 1 fully saturated rings. The maximum absolute atomic E-state index is 12.3. The van der Waals surface area contributed by atoms with Crippen molar-refractivity contribution in [1.82, 2.24) is 9.29 Å². The third kappa shape index (κ3) is 1.86. The van der Waals surface area contributed by atoms with Gasteiger partial charge in [0.05, 0.1) is 16.3 Å². The summed E-state index contributed by atoms with van der Waals surface area (Å²) < 4.78 is 30.8. The molecule has 3 rings (SSSR count). The van der Waals surface area contributed by atoms with Crippen molar-refractivity contribution >= 4 is 32.9 Å². The molecule has 0 aliphatic carbocycles. The van der Waals surface area contributed by atoms with Crippen LogP contribution in [0, 0.1) is 0 Å². The molecule has 0 radical (unpaired) electrons. The van der Waals surface area contributed by atoms with Crippen molar-refractivity contribution in [3.63, 3.8) is 0 Å². The quantitative estimate of drug-likeness (QED) is 0.883. The highest BCUT2D eigenvalue weighted by molar-refractivity contribution is 8.00. The molecule has 0 bridgehead atoms. The summed E-state index contributed by atoms with van der Waals surface area (Å²) in [4.78, 5) is 13.6. The number of benzene rings is 1. The standard InChI is InChI=1S/C10H10N2O4S2/c13-10-11-8-5-7(1-2-9(8)16-10)18(14,15)12-3-4-17-6-12/h1-2,5H,3-4,6H2,(H,11,13). The molecule has 96 valence electrons. The van der Waals surface area contributed by atoms with Crippen LogP contribution >= 0.6 is 11.8 Å². The molecule has 0 unspecified atom stereocenters.